The molecule has 0 aliphatic rings. The fourth-order valence-corrected chi connectivity index (χ4v) is 5.28. The minimum atomic E-state index is -1.61. The lowest BCUT2D eigenvalue weighted by molar-refractivity contribution is 0.0683. The van der Waals surface area contributed by atoms with Gasteiger partial charge in [0.15, 0.2) is 22.6 Å². The van der Waals surface area contributed by atoms with Gasteiger partial charge >= 0.3 is 11.9 Å². The normalized spacial score (nSPS) is 11.2. The van der Waals surface area contributed by atoms with Crippen molar-refractivity contribution in [3.05, 3.63) is 126 Å². The monoisotopic (exact) mass is 694 g/mol. The second-order valence-electron chi connectivity index (χ2n) is 10.1. The van der Waals surface area contributed by atoms with Gasteiger partial charge in [-0.3, -0.25) is 9.59 Å². The predicted octanol–water partition coefficient (Wildman–Crippen LogP) is 7.67. The number of hydrogen-bond donors (Lipinski definition) is 2. The van der Waals surface area contributed by atoms with E-state index in [9.17, 15) is 29.4 Å². The first-order valence-corrected chi connectivity index (χ1v) is 14.5. The van der Waals surface area contributed by atoms with Crippen molar-refractivity contribution in [1.82, 2.24) is 0 Å². The number of fused-ring (bicyclic) bond motifs is 2. The van der Waals surface area contributed by atoms with Gasteiger partial charge in [0.05, 0.1) is 21.9 Å². The zero-order chi connectivity index (χ0) is 34.3. The summed E-state index contributed by atoms with van der Waals surface area (Å²) in [6.45, 7) is -0.287. The molecule has 0 aliphatic heterocycles. The fourth-order valence-electron chi connectivity index (χ4n) is 4.96. The average Bonchev–Trinajstić information content (AvgIpc) is 3.02. The number of carbonyl (C=O) groups is 2. The van der Waals surface area contributed by atoms with E-state index >= 15 is 8.78 Å². The molecule has 6 rings (SSSR count). The first-order valence-electron chi connectivity index (χ1n) is 13.8. The van der Waals surface area contributed by atoms with E-state index in [1.165, 1.54) is 60.7 Å². The molecular formula is C34H18Cl2F2O10. The molecule has 4 aromatic carbocycles. The van der Waals surface area contributed by atoms with Crippen LogP contribution >= 0.6 is 23.2 Å². The molecule has 0 aliphatic carbocycles. The number of aromatic carboxylic acids is 2. The van der Waals surface area contributed by atoms with Crippen molar-refractivity contribution >= 4 is 57.1 Å². The third-order valence-electron chi connectivity index (χ3n) is 7.13. The molecule has 0 saturated heterocycles. The lowest BCUT2D eigenvalue weighted by Crippen LogP contribution is -2.17. The molecule has 0 fully saturated rings. The van der Waals surface area contributed by atoms with Crippen LogP contribution in [0.2, 0.25) is 10.0 Å². The Balaban J connectivity index is 1.18. The first kappa shape index (κ1) is 32.2. The predicted molar refractivity (Wildman–Crippen MR) is 171 cm³/mol. The summed E-state index contributed by atoms with van der Waals surface area (Å²) >= 11 is 11.9. The summed E-state index contributed by atoms with van der Waals surface area (Å²) in [4.78, 5) is 49.5. The summed E-state index contributed by atoms with van der Waals surface area (Å²) in [5.74, 6) is -6.04. The molecule has 0 bridgehead atoms. The highest BCUT2D eigenvalue weighted by Crippen LogP contribution is 2.33. The van der Waals surface area contributed by atoms with Gasteiger partial charge in [0, 0.05) is 34.3 Å². The summed E-state index contributed by atoms with van der Waals surface area (Å²) < 4.78 is 52.6. The van der Waals surface area contributed by atoms with Crippen LogP contribution in [0, 0.1) is 11.6 Å². The van der Waals surface area contributed by atoms with Crippen LogP contribution in [0.25, 0.3) is 44.6 Å². The summed E-state index contributed by atoms with van der Waals surface area (Å²) in [5, 5.41) is 19.7. The Labute approximate surface area is 276 Å². The average molecular weight is 695 g/mol. The Morgan fingerprint density at radius 2 is 1.02 bits per heavy atom. The Morgan fingerprint density at radius 3 is 1.38 bits per heavy atom. The lowest BCUT2D eigenvalue weighted by Gasteiger charge is -2.12. The van der Waals surface area contributed by atoms with Gasteiger partial charge in [0.1, 0.15) is 47.5 Å². The molecule has 0 spiro atoms. The molecule has 2 N–H and O–H groups in total. The standard InChI is InChI=1S/C34H18Cl2F2O10/c35-15-1-5-21-25(11-15)47-31(27(29(21)39)33(41)42)19-7-3-17(13-23(19)37)45-9-10-46-18-4-8-20(24(38)14-18)32-28(34(43)44)30(40)22-6-2-16(36)12-26(22)48-32/h1-8,11-14H,9-10H2,(H,41,42)(H,43,44). The van der Waals surface area contributed by atoms with Crippen molar-refractivity contribution in [3.63, 3.8) is 0 Å². The topological polar surface area (TPSA) is 153 Å². The maximum Gasteiger partial charge on any atom is 0.343 e. The fraction of sp³-hybridized carbons (Fsp3) is 0.0588. The summed E-state index contributed by atoms with van der Waals surface area (Å²) in [6.07, 6.45) is 0. The van der Waals surface area contributed by atoms with E-state index in [1.807, 2.05) is 0 Å². The number of carboxylic acid groups (broad SMARTS) is 2. The van der Waals surface area contributed by atoms with Gasteiger partial charge in [-0.1, -0.05) is 23.2 Å². The molecule has 0 unspecified atom stereocenters. The third kappa shape index (κ3) is 6.06. The van der Waals surface area contributed by atoms with Crippen molar-refractivity contribution in [2.75, 3.05) is 13.2 Å². The van der Waals surface area contributed by atoms with E-state index < -0.39 is 57.1 Å². The molecule has 48 heavy (non-hydrogen) atoms. The van der Waals surface area contributed by atoms with Gasteiger partial charge in [-0.25, -0.2) is 18.4 Å². The maximum atomic E-state index is 15.2. The summed E-state index contributed by atoms with van der Waals surface area (Å²) in [6, 6.07) is 15.0. The maximum absolute atomic E-state index is 15.2. The molecule has 0 radical (unpaired) electrons. The zero-order valence-corrected chi connectivity index (χ0v) is 25.5. The molecule has 14 heteroatoms. The SMILES string of the molecule is O=C(O)c1c(-c2ccc(OCCOc3ccc(-c4oc5cc(Cl)ccc5c(=O)c4C(=O)O)c(F)c3)cc2F)oc2cc(Cl)ccc2c1=O. The second-order valence-corrected chi connectivity index (χ2v) is 11.0. The molecule has 242 valence electrons. The number of ether oxygens (including phenoxy) is 2. The van der Waals surface area contributed by atoms with Crippen molar-refractivity contribution in [3.8, 4) is 34.1 Å². The molecule has 6 aromatic rings. The number of halogens is 4. The highest BCUT2D eigenvalue weighted by Gasteiger charge is 2.26. The lowest BCUT2D eigenvalue weighted by atomic mass is 10.0. The van der Waals surface area contributed by atoms with Crippen LogP contribution in [0.4, 0.5) is 8.78 Å². The van der Waals surface area contributed by atoms with Crippen LogP contribution in [0.5, 0.6) is 11.5 Å². The minimum absolute atomic E-state index is 0.0251. The number of carboxylic acids is 2. The van der Waals surface area contributed by atoms with E-state index in [-0.39, 0.29) is 67.8 Å². The van der Waals surface area contributed by atoms with Gasteiger partial charge in [-0.05, 0) is 48.5 Å². The van der Waals surface area contributed by atoms with Crippen LogP contribution in [0.3, 0.4) is 0 Å². The van der Waals surface area contributed by atoms with Crippen LogP contribution in [0.15, 0.2) is 91.2 Å². The molecule has 0 amide bonds. The molecule has 0 atom stereocenters. The van der Waals surface area contributed by atoms with Crippen LogP contribution in [-0.4, -0.2) is 35.4 Å². The molecule has 2 heterocycles. The van der Waals surface area contributed by atoms with Crippen LogP contribution in [-0.2, 0) is 0 Å². The van der Waals surface area contributed by atoms with Crippen LogP contribution in [0.1, 0.15) is 20.7 Å². The summed E-state index contributed by atoms with van der Waals surface area (Å²) in [5.41, 5.74) is -3.91. The molecule has 0 saturated carbocycles. The van der Waals surface area contributed by atoms with Crippen molar-refractivity contribution in [2.45, 2.75) is 0 Å². The van der Waals surface area contributed by atoms with E-state index in [0.717, 1.165) is 12.1 Å². The largest absolute Gasteiger partial charge is 0.490 e. The molecule has 10 nitrogen and oxygen atoms in total. The highest BCUT2D eigenvalue weighted by molar-refractivity contribution is 6.31. The third-order valence-corrected chi connectivity index (χ3v) is 7.60. The Bertz CT molecular complexity index is 2250. The van der Waals surface area contributed by atoms with Gasteiger partial charge < -0.3 is 28.5 Å². The van der Waals surface area contributed by atoms with E-state index in [4.69, 9.17) is 41.5 Å². The quantitative estimate of drug-likeness (QED) is 0.144. The Kier molecular flexibility index (Phi) is 8.61. The molecule has 2 aromatic heterocycles. The van der Waals surface area contributed by atoms with Gasteiger partial charge in [-0.15, -0.1) is 0 Å². The van der Waals surface area contributed by atoms with Crippen molar-refractivity contribution in [2.24, 2.45) is 0 Å². The minimum Gasteiger partial charge on any atom is -0.490 e. The van der Waals surface area contributed by atoms with Gasteiger partial charge in [-0.2, -0.15) is 0 Å². The van der Waals surface area contributed by atoms with Crippen LogP contribution < -0.4 is 20.3 Å². The van der Waals surface area contributed by atoms with Gasteiger partial charge in [0.2, 0.25) is 10.9 Å². The van der Waals surface area contributed by atoms with Gasteiger partial charge in [0.25, 0.3) is 0 Å². The highest BCUT2D eigenvalue weighted by atomic mass is 35.5. The Morgan fingerprint density at radius 1 is 0.625 bits per heavy atom. The number of rotatable bonds is 9. The summed E-state index contributed by atoms with van der Waals surface area (Å²) in [7, 11) is 0. The van der Waals surface area contributed by atoms with Crippen molar-refractivity contribution < 1.29 is 46.9 Å². The van der Waals surface area contributed by atoms with Crippen molar-refractivity contribution in [1.29, 1.82) is 0 Å². The first-order chi connectivity index (χ1) is 22.9. The smallest absolute Gasteiger partial charge is 0.343 e. The molecular weight excluding hydrogens is 677 g/mol. The van der Waals surface area contributed by atoms with E-state index in [1.54, 1.807) is 0 Å². The zero-order valence-electron chi connectivity index (χ0n) is 24.0. The van der Waals surface area contributed by atoms with E-state index in [0.29, 0.717) is 0 Å². The second kappa shape index (κ2) is 12.8. The number of hydrogen-bond acceptors (Lipinski definition) is 8. The Hall–Kier alpha value is -5.72. The number of benzene rings is 4. The van der Waals surface area contributed by atoms with E-state index in [2.05, 4.69) is 0 Å².